The van der Waals surface area contributed by atoms with Gasteiger partial charge in [-0.1, -0.05) is 147 Å². The van der Waals surface area contributed by atoms with Crippen LogP contribution in [0, 0.1) is 0 Å². The molecule has 0 aliphatic carbocycles. The summed E-state index contributed by atoms with van der Waals surface area (Å²) in [7, 11) is 2.45. The van der Waals surface area contributed by atoms with Gasteiger partial charge in [0.1, 0.15) is 22.5 Å². The van der Waals surface area contributed by atoms with Crippen molar-refractivity contribution in [1.82, 2.24) is 4.57 Å². The maximum atomic E-state index is 6.86. The molecule has 68 heavy (non-hydrogen) atoms. The average Bonchev–Trinajstić information content (AvgIpc) is 4.08. The smallest absolute Gasteiger partial charge is 0.198 e. The molecule has 0 bridgehead atoms. The second-order valence-corrected chi connectivity index (χ2v) is 23.2. The van der Waals surface area contributed by atoms with Gasteiger partial charge in [0.15, 0.2) is 7.28 Å². The number of thiophene rings is 1. The maximum Gasteiger partial charge on any atom is 0.198 e. The summed E-state index contributed by atoms with van der Waals surface area (Å²) in [4.78, 5) is 0. The Morgan fingerprint density at radius 2 is 1.24 bits per heavy atom. The van der Waals surface area contributed by atoms with E-state index in [0.29, 0.717) is 0 Å². The zero-order valence-corrected chi connectivity index (χ0v) is 40.9. The van der Waals surface area contributed by atoms with Gasteiger partial charge in [-0.3, -0.25) is 0 Å². The van der Waals surface area contributed by atoms with Crippen LogP contribution in [0.4, 0.5) is 11.4 Å². The van der Waals surface area contributed by atoms with Crippen molar-refractivity contribution >= 4 is 116 Å². The van der Waals surface area contributed by atoms with E-state index < -0.39 is 0 Å². The third-order valence-corrected chi connectivity index (χ3v) is 15.7. The third-order valence-electron chi connectivity index (χ3n) is 14.5. The van der Waals surface area contributed by atoms with Crippen molar-refractivity contribution in [3.63, 3.8) is 0 Å². The Morgan fingerprint density at radius 1 is 0.544 bits per heavy atom. The molecule has 4 nitrogen and oxygen atoms in total. The highest BCUT2D eigenvalue weighted by Crippen LogP contribution is 2.51. The fourth-order valence-electron chi connectivity index (χ4n) is 10.7. The lowest BCUT2D eigenvalue weighted by Gasteiger charge is -2.25. The van der Waals surface area contributed by atoms with Gasteiger partial charge in [0, 0.05) is 75.7 Å². The summed E-state index contributed by atoms with van der Waals surface area (Å²) in [6.45, 7) is 20.5. The number of nitrogens with zero attached hydrogens (tertiary/aromatic N) is 1. The van der Waals surface area contributed by atoms with Crippen molar-refractivity contribution in [3.05, 3.63) is 162 Å². The van der Waals surface area contributed by atoms with E-state index in [4.69, 9.17) is 8.83 Å². The molecule has 0 saturated heterocycles. The number of fused-ring (bicyclic) bond motifs is 13. The highest BCUT2D eigenvalue weighted by atomic mass is 32.1. The first-order chi connectivity index (χ1) is 32.6. The minimum absolute atomic E-state index is 0.0174. The lowest BCUT2D eigenvalue weighted by molar-refractivity contribution is 0.587. The number of nitrogens with one attached hydrogen (secondary N) is 1. The predicted octanol–water partition coefficient (Wildman–Crippen LogP) is 16.7. The predicted molar refractivity (Wildman–Crippen MR) is 292 cm³/mol. The molecule has 0 fully saturated rings. The summed E-state index contributed by atoms with van der Waals surface area (Å²) >= 11 is 1.91. The van der Waals surface area contributed by atoms with Gasteiger partial charge in [0.2, 0.25) is 0 Å². The number of furan rings is 2. The molecule has 0 unspecified atom stereocenters. The SMILES string of the molecule is CC(C)(C)c1ccc(Nc2cc3oc4cc(C(C)(C)C)ccc4c3cc2-c2c3c4c(c5cc(C(C)(C)C)ccc5n4-c4cc5cc(-c6ccccc6)oc5cc4[B]3)c3sc4ccccc4c23)cc1. The van der Waals surface area contributed by atoms with Crippen LogP contribution in [-0.2, 0) is 16.2 Å². The summed E-state index contributed by atoms with van der Waals surface area (Å²) < 4.78 is 18.7. The molecule has 0 amide bonds. The van der Waals surface area contributed by atoms with E-state index in [9.17, 15) is 0 Å². The zero-order valence-electron chi connectivity index (χ0n) is 40.1. The summed E-state index contributed by atoms with van der Waals surface area (Å²) in [6.07, 6.45) is 0. The van der Waals surface area contributed by atoms with E-state index in [2.05, 4.69) is 225 Å². The third kappa shape index (κ3) is 6.26. The molecule has 5 heterocycles. The van der Waals surface area contributed by atoms with Crippen LogP contribution in [-0.4, -0.2) is 11.8 Å². The van der Waals surface area contributed by atoms with Gasteiger partial charge in [0.25, 0.3) is 0 Å². The lowest BCUT2D eigenvalue weighted by atomic mass is 9.58. The van der Waals surface area contributed by atoms with E-state index in [1.165, 1.54) is 69.7 Å². The molecule has 4 aromatic heterocycles. The van der Waals surface area contributed by atoms with Gasteiger partial charge in [0.05, 0.1) is 16.7 Å². The molecule has 1 radical (unpaired) electrons. The van der Waals surface area contributed by atoms with E-state index in [-0.39, 0.29) is 16.2 Å². The largest absolute Gasteiger partial charge is 0.456 e. The van der Waals surface area contributed by atoms with Crippen LogP contribution in [0.3, 0.4) is 0 Å². The highest BCUT2D eigenvalue weighted by molar-refractivity contribution is 7.27. The van der Waals surface area contributed by atoms with E-state index in [1.807, 2.05) is 11.3 Å². The molecule has 1 N–H and O–H groups in total. The Kier molecular flexibility index (Phi) is 8.64. The molecule has 1 aliphatic rings. The monoisotopic (exact) mass is 899 g/mol. The first kappa shape index (κ1) is 41.2. The Balaban J connectivity index is 1.17. The van der Waals surface area contributed by atoms with Crippen LogP contribution in [0.1, 0.15) is 79.0 Å². The molecule has 8 aromatic carbocycles. The lowest BCUT2D eigenvalue weighted by Crippen LogP contribution is -2.37. The number of aromatic nitrogens is 1. The fraction of sp³-hybridized carbons (Fsp3) is 0.194. The quantitative estimate of drug-likeness (QED) is 0.179. The number of rotatable bonds is 4. The topological polar surface area (TPSA) is 43.2 Å². The number of hydrogen-bond acceptors (Lipinski definition) is 4. The minimum Gasteiger partial charge on any atom is -0.456 e. The zero-order chi connectivity index (χ0) is 46.6. The molecular weight excluding hydrogens is 848 g/mol. The first-order valence-electron chi connectivity index (χ1n) is 23.9. The Labute approximate surface area is 401 Å². The number of hydrogen-bond donors (Lipinski definition) is 1. The fourth-order valence-corrected chi connectivity index (χ4v) is 12.0. The summed E-state index contributed by atoms with van der Waals surface area (Å²) in [6, 6.07) is 53.8. The van der Waals surface area contributed by atoms with Gasteiger partial charge in [-0.05, 0) is 105 Å². The summed E-state index contributed by atoms with van der Waals surface area (Å²) in [5.41, 5.74) is 17.8. The molecule has 12 aromatic rings. The molecule has 13 rings (SSSR count). The first-order valence-corrected chi connectivity index (χ1v) is 24.7. The van der Waals surface area contributed by atoms with Crippen molar-refractivity contribution in [2.45, 2.75) is 78.6 Å². The van der Waals surface area contributed by atoms with Crippen LogP contribution < -0.4 is 16.2 Å². The molecule has 6 heteroatoms. The Bertz CT molecular complexity index is 4070. The van der Waals surface area contributed by atoms with Crippen LogP contribution >= 0.6 is 11.3 Å². The Hall–Kier alpha value is -7.02. The second kappa shape index (κ2) is 14.3. The van der Waals surface area contributed by atoms with Crippen LogP contribution in [0.5, 0.6) is 0 Å². The molecule has 0 spiro atoms. The van der Waals surface area contributed by atoms with Crippen LogP contribution in [0.2, 0.25) is 0 Å². The van der Waals surface area contributed by atoms with Crippen molar-refractivity contribution in [1.29, 1.82) is 0 Å². The molecular formula is C62H52BN2O2S. The minimum atomic E-state index is -0.0340. The number of anilines is 2. The highest BCUT2D eigenvalue weighted by Gasteiger charge is 2.33. The van der Waals surface area contributed by atoms with E-state index in [0.717, 1.165) is 72.3 Å². The average molecular weight is 900 g/mol. The van der Waals surface area contributed by atoms with Gasteiger partial charge < -0.3 is 18.7 Å². The molecule has 0 atom stereocenters. The van der Waals surface area contributed by atoms with Gasteiger partial charge >= 0.3 is 0 Å². The van der Waals surface area contributed by atoms with Crippen molar-refractivity contribution < 1.29 is 8.83 Å². The van der Waals surface area contributed by atoms with Gasteiger partial charge in [-0.15, -0.1) is 11.3 Å². The standard InChI is InChI=1S/C62H52BN2O2S/c1-60(2,3)36-19-23-39(24-20-36)64-46-33-52-42(40-25-21-38(62(7,8)9)30-51(40)67-52)31-43(46)54-55-41-17-13-14-18-53(41)68-59(55)56-44-29-37(61(4,5)6)22-26-47(44)65-48-27-35-28-49(34-15-11-10-12-16-34)66-50(35)32-45(48)63-57(54)58(56)65/h10-33,64H,1-9H3. The number of benzene rings is 8. The molecule has 0 saturated carbocycles. The van der Waals surface area contributed by atoms with Crippen molar-refractivity contribution in [2.75, 3.05) is 5.32 Å². The molecule has 331 valence electrons. The van der Waals surface area contributed by atoms with Crippen molar-refractivity contribution in [2.24, 2.45) is 0 Å². The maximum absolute atomic E-state index is 6.86. The van der Waals surface area contributed by atoms with E-state index >= 15 is 0 Å². The van der Waals surface area contributed by atoms with Crippen molar-refractivity contribution in [3.8, 4) is 28.1 Å². The second-order valence-electron chi connectivity index (χ2n) is 22.1. The van der Waals surface area contributed by atoms with E-state index in [1.54, 1.807) is 0 Å². The normalized spacial score (nSPS) is 13.2. The summed E-state index contributed by atoms with van der Waals surface area (Å²) in [5.74, 6) is 0.868. The van der Waals surface area contributed by atoms with Gasteiger partial charge in [-0.25, -0.2) is 0 Å². The summed E-state index contributed by atoms with van der Waals surface area (Å²) in [5, 5.41) is 12.4. The Morgan fingerprint density at radius 3 is 2.00 bits per heavy atom. The van der Waals surface area contributed by atoms with Crippen LogP contribution in [0.25, 0.3) is 103 Å². The van der Waals surface area contributed by atoms with Gasteiger partial charge in [-0.2, -0.15) is 0 Å². The molecule has 1 aliphatic heterocycles. The van der Waals surface area contributed by atoms with Crippen LogP contribution in [0.15, 0.2) is 154 Å².